The van der Waals surface area contributed by atoms with Crippen molar-refractivity contribution in [3.63, 3.8) is 0 Å². The van der Waals surface area contributed by atoms with Crippen LogP contribution in [0.5, 0.6) is 0 Å². The molecule has 23 heteroatoms. The van der Waals surface area contributed by atoms with Crippen LogP contribution in [0.25, 0.3) is 10.4 Å². The molecule has 8 unspecified atom stereocenters. The molecule has 0 aromatic heterocycles. The summed E-state index contributed by atoms with van der Waals surface area (Å²) < 4.78 is 81.2. The van der Waals surface area contributed by atoms with E-state index in [0.717, 1.165) is 0 Å². The Balaban J connectivity index is 1.15. The number of alkyl carbamates (subject to hydrolysis) is 1. The highest BCUT2D eigenvalue weighted by molar-refractivity contribution is 5.90. The number of azide groups is 1. The molecule has 0 radical (unpaired) electrons. The van der Waals surface area contributed by atoms with Crippen molar-refractivity contribution in [2.75, 3.05) is 20.8 Å². The highest BCUT2D eigenvalue weighted by Gasteiger charge is 2.60. The number of ketones is 1. The van der Waals surface area contributed by atoms with Gasteiger partial charge in [-0.3, -0.25) is 4.79 Å². The normalized spacial score (nSPS) is 36.0. The van der Waals surface area contributed by atoms with Crippen molar-refractivity contribution < 1.29 is 90.7 Å². The minimum atomic E-state index is -1.68. The van der Waals surface area contributed by atoms with E-state index in [2.05, 4.69) is 15.3 Å². The number of amides is 1. The van der Waals surface area contributed by atoms with Crippen LogP contribution in [0.15, 0.2) is 96.1 Å². The van der Waals surface area contributed by atoms with Crippen molar-refractivity contribution >= 4 is 29.8 Å². The quantitative estimate of drug-likeness (QED) is 0.0528. The summed E-state index contributed by atoms with van der Waals surface area (Å²) in [6.45, 7) is 7.78. The number of rotatable bonds is 19. The number of carbonyl (C=O) groups is 5. The molecule has 8 rings (SSSR count). The number of hydrogen-bond donors (Lipinski definition) is 2. The van der Waals surface area contributed by atoms with Gasteiger partial charge in [0.05, 0.1) is 49.2 Å². The monoisotopic (exact) mass is 1060 g/mol. The highest BCUT2D eigenvalue weighted by Crippen LogP contribution is 2.41. The molecular weight excluding hydrogens is 997 g/mol. The van der Waals surface area contributed by atoms with Crippen LogP contribution >= 0.6 is 0 Å². The Labute approximate surface area is 438 Å². The highest BCUT2D eigenvalue weighted by atomic mass is 16.8. The van der Waals surface area contributed by atoms with Gasteiger partial charge in [0.25, 0.3) is 0 Å². The van der Waals surface area contributed by atoms with Gasteiger partial charge in [0.2, 0.25) is 0 Å². The molecule has 3 aromatic rings. The van der Waals surface area contributed by atoms with E-state index in [9.17, 15) is 34.6 Å². The molecule has 5 saturated heterocycles. The van der Waals surface area contributed by atoms with Crippen LogP contribution in [-0.2, 0) is 77.8 Å². The fourth-order valence-electron chi connectivity index (χ4n) is 10.1. The van der Waals surface area contributed by atoms with Crippen molar-refractivity contribution in [2.45, 2.75) is 152 Å². The number of carbonyl (C=O) groups excluding carboxylic acids is 5. The predicted molar refractivity (Wildman–Crippen MR) is 260 cm³/mol. The van der Waals surface area contributed by atoms with Crippen LogP contribution in [0.2, 0.25) is 0 Å². The smallest absolute Gasteiger partial charge is 0.408 e. The van der Waals surface area contributed by atoms with Crippen LogP contribution < -0.4 is 5.32 Å². The molecule has 5 fully saturated rings. The number of methoxy groups -OCH3 is 2. The Hall–Kier alpha value is -6.08. The van der Waals surface area contributed by atoms with E-state index >= 15 is 0 Å². The zero-order chi connectivity index (χ0) is 54.2. The van der Waals surface area contributed by atoms with E-state index in [-0.39, 0.29) is 24.2 Å². The van der Waals surface area contributed by atoms with Crippen LogP contribution in [0.1, 0.15) is 67.3 Å². The maximum absolute atomic E-state index is 14.3. The number of aliphatic hydroxyl groups excluding tert-OH is 1. The zero-order valence-corrected chi connectivity index (χ0v) is 43.0. The molecular formula is C53H64N4O19. The summed E-state index contributed by atoms with van der Waals surface area (Å²) in [6, 6.07) is 23.2. The van der Waals surface area contributed by atoms with E-state index < -0.39 is 159 Å². The Bertz CT molecular complexity index is 2510. The maximum Gasteiger partial charge on any atom is 0.408 e. The second-order valence-corrected chi connectivity index (χ2v) is 19.3. The average molecular weight is 1060 g/mol. The van der Waals surface area contributed by atoms with E-state index in [4.69, 9.17) is 61.6 Å². The summed E-state index contributed by atoms with van der Waals surface area (Å²) in [6.07, 6.45) is -19.9. The van der Waals surface area contributed by atoms with Crippen LogP contribution in [0.3, 0.4) is 0 Å². The molecule has 410 valence electrons. The molecule has 0 spiro atoms. The molecule has 0 bridgehead atoms. The minimum absolute atomic E-state index is 0.123. The number of fused-ring (bicyclic) bond motifs is 1. The zero-order valence-electron chi connectivity index (χ0n) is 43.0. The molecule has 3 aromatic carbocycles. The maximum atomic E-state index is 14.3. The number of aliphatic hydroxyl groups is 1. The van der Waals surface area contributed by atoms with Crippen molar-refractivity contribution in [1.29, 1.82) is 0 Å². The number of Topliss-reactive ketones (excluding diaryl/α,β-unsaturated/α-hetero) is 1. The summed E-state index contributed by atoms with van der Waals surface area (Å²) >= 11 is 0. The summed E-state index contributed by atoms with van der Waals surface area (Å²) in [5, 5.41) is 17.7. The molecule has 0 saturated carbocycles. The lowest BCUT2D eigenvalue weighted by molar-refractivity contribution is -0.364. The number of benzene rings is 3. The van der Waals surface area contributed by atoms with E-state index in [1.54, 1.807) is 100 Å². The minimum Gasteiger partial charge on any atom is -0.467 e. The summed E-state index contributed by atoms with van der Waals surface area (Å²) in [5.41, 5.74) is 10.8. The van der Waals surface area contributed by atoms with Gasteiger partial charge in [0.15, 0.2) is 49.3 Å². The summed E-state index contributed by atoms with van der Waals surface area (Å²) in [5.74, 6) is -4.63. The fraction of sp³-hybridized carbons (Fsp3) is 0.566. The third kappa shape index (κ3) is 12.4. The average Bonchev–Trinajstić information content (AvgIpc) is 3.90. The topological polar surface area (TPSA) is 286 Å². The van der Waals surface area contributed by atoms with E-state index in [0.29, 0.717) is 5.56 Å². The first kappa shape index (κ1) is 56.1. The third-order valence-corrected chi connectivity index (χ3v) is 14.5. The first-order chi connectivity index (χ1) is 36.6. The number of nitrogens with one attached hydrogen (secondary N) is 1. The lowest BCUT2D eigenvalue weighted by atomic mass is 9.84. The van der Waals surface area contributed by atoms with Crippen LogP contribution in [-0.4, -0.2) is 160 Å². The molecule has 1 amide bonds. The molecule has 20 atom stereocenters. The van der Waals surface area contributed by atoms with Crippen LogP contribution in [0, 0.1) is 17.8 Å². The molecule has 2 N–H and O–H groups in total. The first-order valence-electron chi connectivity index (χ1n) is 25.2. The Morgan fingerprint density at radius 2 is 1.30 bits per heavy atom. The second-order valence-electron chi connectivity index (χ2n) is 19.3. The van der Waals surface area contributed by atoms with Gasteiger partial charge < -0.3 is 72.0 Å². The van der Waals surface area contributed by atoms with Gasteiger partial charge in [-0.1, -0.05) is 99.5 Å². The number of ether oxygens (including phenoxy) is 13. The lowest BCUT2D eigenvalue weighted by Crippen LogP contribution is -2.68. The SMILES string of the molecule is CCC1O[C@H](O[C@@H]2C(C(C)=O)O[C@@H](O[C@@H]3C(COC(=O)c4ccccc4)O[C@H](OC)C(N=[N+]=[N-])[C@H]3C)C(OC(=O)c3ccccc3)[C@@H]2OCc2ccccc2)C2NC(=O)O[C@H]2[C@@H]1O[C@@H]1OC(C(=O)OC)[C@@H](O)[C@H](C)C1C. The van der Waals surface area contributed by atoms with Gasteiger partial charge in [0.1, 0.15) is 43.2 Å². The standard InChI is InChI=1S/C53H64N4O19/c1-8-33-40(73-49-27(3)26(2)37(59)42(74-49)48(62)64-6)41-36(55-53(63)76-41)51(68-33)75-44-39(29(5)58)72-52(45(70-47(61)32-22-16-11-17-23-32)43(44)66-24-30-18-12-9-13-19-30)71-38-28(4)35(56-57-54)50(65-7)69-34(38)25-67-46(60)31-20-14-10-15-21-31/h9-23,26-28,33-45,49-52,59H,8,24-25H2,1-7H3,(H,55,63)/t26-,27?,28-,33?,34?,35?,36?,37+,38+,39?,40-,41-,42?,43-,44-,45?,49-,50+,51-,52-/m1/s1. The Kier molecular flexibility index (Phi) is 18.7. The molecule has 5 heterocycles. The molecule has 76 heavy (non-hydrogen) atoms. The van der Waals surface area contributed by atoms with Gasteiger partial charge in [-0.25, -0.2) is 19.2 Å². The summed E-state index contributed by atoms with van der Waals surface area (Å²) in [4.78, 5) is 70.9. The molecule has 5 aliphatic rings. The Morgan fingerprint density at radius 3 is 1.92 bits per heavy atom. The van der Waals surface area contributed by atoms with Gasteiger partial charge in [-0.15, -0.1) is 0 Å². The second kappa shape index (κ2) is 25.4. The number of esters is 3. The van der Waals surface area contributed by atoms with Gasteiger partial charge in [0, 0.05) is 17.9 Å². The summed E-state index contributed by atoms with van der Waals surface area (Å²) in [7, 11) is 2.54. The van der Waals surface area contributed by atoms with Crippen molar-refractivity contribution in [2.24, 2.45) is 22.9 Å². The van der Waals surface area contributed by atoms with E-state index in [1.165, 1.54) is 33.3 Å². The lowest BCUT2D eigenvalue weighted by Gasteiger charge is -2.50. The molecule has 0 aliphatic carbocycles. The van der Waals surface area contributed by atoms with E-state index in [1.807, 2.05) is 6.07 Å². The van der Waals surface area contributed by atoms with Gasteiger partial charge in [-0.2, -0.15) is 0 Å². The fourth-order valence-corrected chi connectivity index (χ4v) is 10.1. The number of hydrogen-bond acceptors (Lipinski definition) is 20. The predicted octanol–water partition coefficient (Wildman–Crippen LogP) is 4.95. The van der Waals surface area contributed by atoms with Crippen LogP contribution in [0.4, 0.5) is 4.79 Å². The van der Waals surface area contributed by atoms with Crippen molar-refractivity contribution in [3.05, 3.63) is 118 Å². The Morgan fingerprint density at radius 1 is 0.697 bits per heavy atom. The molecule has 23 nitrogen and oxygen atoms in total. The van der Waals surface area contributed by atoms with Crippen molar-refractivity contribution in [3.8, 4) is 0 Å². The molecule has 5 aliphatic heterocycles. The van der Waals surface area contributed by atoms with Gasteiger partial charge >= 0.3 is 24.0 Å². The largest absolute Gasteiger partial charge is 0.467 e. The first-order valence-corrected chi connectivity index (χ1v) is 25.2. The van der Waals surface area contributed by atoms with Crippen molar-refractivity contribution in [1.82, 2.24) is 5.32 Å². The number of nitrogens with zero attached hydrogens (tertiary/aromatic N) is 3. The third-order valence-electron chi connectivity index (χ3n) is 14.5. The van der Waals surface area contributed by atoms with Gasteiger partial charge in [-0.05, 0) is 60.5 Å².